The smallest absolute Gasteiger partial charge is 0.129 e. The minimum atomic E-state index is -1.23. The second kappa shape index (κ2) is 5.39. The molecule has 1 aromatic rings. The molecule has 0 bridgehead atoms. The van der Waals surface area contributed by atoms with Gasteiger partial charge >= 0.3 is 0 Å². The van der Waals surface area contributed by atoms with Crippen LogP contribution in [0.1, 0.15) is 6.92 Å². The van der Waals surface area contributed by atoms with E-state index in [1.807, 2.05) is 24.4 Å². The van der Waals surface area contributed by atoms with Crippen LogP contribution in [0.25, 0.3) is 0 Å². The average molecular weight is 235 g/mol. The Labute approximate surface area is 97.7 Å². The number of hydrogen-bond donors (Lipinski definition) is 0. The predicted octanol–water partition coefficient (Wildman–Crippen LogP) is 3.44. The molecule has 1 atom stereocenters. The molecule has 1 aromatic heterocycles. The fourth-order valence-corrected chi connectivity index (χ4v) is 2.46. The molecule has 0 saturated heterocycles. The van der Waals surface area contributed by atoms with Crippen molar-refractivity contribution in [2.24, 2.45) is 0 Å². The normalized spacial score (nSPS) is 12.8. The number of nitrogens with zero attached hydrogens (tertiary/aromatic N) is 1. The first kappa shape index (κ1) is 12.3. The van der Waals surface area contributed by atoms with Gasteiger partial charge < -0.3 is 0 Å². The Bertz CT molecular complexity index is 359. The largest absolute Gasteiger partial charge is 0.250 e. The van der Waals surface area contributed by atoms with Gasteiger partial charge in [-0.25, -0.2) is 4.98 Å². The maximum absolute atomic E-state index is 4.27. The van der Waals surface area contributed by atoms with Crippen LogP contribution in [0.15, 0.2) is 29.4 Å². The molecule has 1 nitrogen and oxygen atoms in total. The third kappa shape index (κ3) is 5.66. The van der Waals surface area contributed by atoms with Crippen molar-refractivity contribution in [3.63, 3.8) is 0 Å². The maximum atomic E-state index is 4.27. The van der Waals surface area contributed by atoms with Gasteiger partial charge in [-0.3, -0.25) is 0 Å². The molecular formula is C12H17NSSi. The third-order valence-corrected chi connectivity index (χ3v) is 3.43. The van der Waals surface area contributed by atoms with Crippen molar-refractivity contribution in [1.82, 2.24) is 4.98 Å². The van der Waals surface area contributed by atoms with Crippen LogP contribution in [-0.2, 0) is 0 Å². The van der Waals surface area contributed by atoms with Gasteiger partial charge in [-0.2, -0.15) is 0 Å². The number of rotatable bonds is 2. The Kier molecular flexibility index (Phi) is 4.43. The summed E-state index contributed by atoms with van der Waals surface area (Å²) in [5, 5.41) is 1.38. The zero-order valence-electron chi connectivity index (χ0n) is 9.74. The zero-order chi connectivity index (χ0) is 11.3. The van der Waals surface area contributed by atoms with Gasteiger partial charge in [0.2, 0.25) is 0 Å². The average Bonchev–Trinajstić information content (AvgIpc) is 2.15. The van der Waals surface area contributed by atoms with Gasteiger partial charge in [0.25, 0.3) is 0 Å². The summed E-state index contributed by atoms with van der Waals surface area (Å²) in [7, 11) is -1.23. The maximum Gasteiger partial charge on any atom is 0.129 e. The summed E-state index contributed by atoms with van der Waals surface area (Å²) >= 11 is 1.72. The summed E-state index contributed by atoms with van der Waals surface area (Å²) < 4.78 is 0. The van der Waals surface area contributed by atoms with E-state index >= 15 is 0 Å². The first-order chi connectivity index (χ1) is 6.97. The summed E-state index contributed by atoms with van der Waals surface area (Å²) in [5.74, 6) is 3.31. The van der Waals surface area contributed by atoms with Crippen molar-refractivity contribution in [2.75, 3.05) is 0 Å². The fourth-order valence-electron chi connectivity index (χ4n) is 0.946. The van der Waals surface area contributed by atoms with Crippen molar-refractivity contribution in [1.29, 1.82) is 0 Å². The van der Waals surface area contributed by atoms with Crippen LogP contribution in [0.3, 0.4) is 0 Å². The minimum Gasteiger partial charge on any atom is -0.250 e. The van der Waals surface area contributed by atoms with E-state index in [-0.39, 0.29) is 0 Å². The molecule has 0 aliphatic rings. The van der Waals surface area contributed by atoms with Gasteiger partial charge in [0.15, 0.2) is 0 Å². The van der Waals surface area contributed by atoms with Gasteiger partial charge in [-0.15, -0.1) is 5.54 Å². The third-order valence-electron chi connectivity index (χ3n) is 1.59. The second-order valence-corrected chi connectivity index (χ2v) is 10.6. The number of hydrogen-bond acceptors (Lipinski definition) is 2. The predicted molar refractivity (Wildman–Crippen MR) is 70.7 cm³/mol. The van der Waals surface area contributed by atoms with Crippen LogP contribution in [0.5, 0.6) is 0 Å². The SMILES string of the molecule is CC(C#C[Si](C)(C)C)Sc1ccccn1. The highest BCUT2D eigenvalue weighted by Crippen LogP contribution is 2.19. The van der Waals surface area contributed by atoms with Crippen molar-refractivity contribution in [2.45, 2.75) is 36.8 Å². The number of pyridine rings is 1. The Morgan fingerprint density at radius 2 is 2.07 bits per heavy atom. The van der Waals surface area contributed by atoms with Gasteiger partial charge in [0.05, 0.1) is 10.3 Å². The zero-order valence-corrected chi connectivity index (χ0v) is 11.6. The molecule has 0 aromatic carbocycles. The van der Waals surface area contributed by atoms with E-state index < -0.39 is 8.07 Å². The molecule has 80 valence electrons. The molecule has 0 amide bonds. The fraction of sp³-hybridized carbons (Fsp3) is 0.417. The summed E-state index contributed by atoms with van der Waals surface area (Å²) in [6.45, 7) is 8.92. The minimum absolute atomic E-state index is 0.326. The van der Waals surface area contributed by atoms with Crippen molar-refractivity contribution >= 4 is 19.8 Å². The monoisotopic (exact) mass is 235 g/mol. The second-order valence-electron chi connectivity index (χ2n) is 4.45. The molecule has 0 aliphatic heterocycles. The highest BCUT2D eigenvalue weighted by molar-refractivity contribution is 8.00. The van der Waals surface area contributed by atoms with Crippen LogP contribution < -0.4 is 0 Å². The first-order valence-electron chi connectivity index (χ1n) is 5.08. The van der Waals surface area contributed by atoms with Crippen LogP contribution in [-0.4, -0.2) is 18.3 Å². The van der Waals surface area contributed by atoms with Gasteiger partial charge in [-0.05, 0) is 19.1 Å². The topological polar surface area (TPSA) is 12.9 Å². The van der Waals surface area contributed by atoms with Crippen molar-refractivity contribution in [3.05, 3.63) is 24.4 Å². The standard InChI is InChI=1S/C12H17NSSi/c1-11(8-10-15(2,3)4)14-12-7-5-6-9-13-12/h5-7,9,11H,1-4H3. The van der Waals surface area contributed by atoms with Crippen LogP contribution in [0.4, 0.5) is 0 Å². The molecule has 0 spiro atoms. The molecular weight excluding hydrogens is 218 g/mol. The number of thioether (sulfide) groups is 1. The molecule has 1 heterocycles. The first-order valence-corrected chi connectivity index (χ1v) is 9.46. The molecule has 0 aliphatic carbocycles. The van der Waals surface area contributed by atoms with Crippen LogP contribution in [0, 0.1) is 11.5 Å². The molecule has 0 radical (unpaired) electrons. The van der Waals surface area contributed by atoms with Crippen molar-refractivity contribution in [3.8, 4) is 11.5 Å². The van der Waals surface area contributed by atoms with E-state index in [0.717, 1.165) is 5.03 Å². The Hall–Kier alpha value is -0.723. The molecule has 0 N–H and O–H groups in total. The summed E-state index contributed by atoms with van der Waals surface area (Å²) in [4.78, 5) is 4.27. The highest BCUT2D eigenvalue weighted by atomic mass is 32.2. The molecule has 15 heavy (non-hydrogen) atoms. The van der Waals surface area contributed by atoms with Crippen LogP contribution >= 0.6 is 11.8 Å². The summed E-state index contributed by atoms with van der Waals surface area (Å²) in [6, 6.07) is 5.97. The lowest BCUT2D eigenvalue weighted by Gasteiger charge is -2.06. The van der Waals surface area contributed by atoms with Gasteiger partial charge in [0.1, 0.15) is 8.07 Å². The molecule has 1 rings (SSSR count). The lowest BCUT2D eigenvalue weighted by atomic mass is 10.5. The summed E-state index contributed by atoms with van der Waals surface area (Å²) in [5.41, 5.74) is 3.38. The van der Waals surface area contributed by atoms with Gasteiger partial charge in [-0.1, -0.05) is 43.4 Å². The highest BCUT2D eigenvalue weighted by Gasteiger charge is 2.08. The lowest BCUT2D eigenvalue weighted by molar-refractivity contribution is 1.12. The van der Waals surface area contributed by atoms with E-state index in [4.69, 9.17) is 0 Å². The Balaban J connectivity index is 2.56. The number of aromatic nitrogens is 1. The molecule has 0 fully saturated rings. The van der Waals surface area contributed by atoms with Crippen LogP contribution in [0.2, 0.25) is 19.6 Å². The quantitative estimate of drug-likeness (QED) is 0.442. The van der Waals surface area contributed by atoms with Gasteiger partial charge in [0, 0.05) is 6.20 Å². The summed E-state index contributed by atoms with van der Waals surface area (Å²) in [6.07, 6.45) is 1.82. The van der Waals surface area contributed by atoms with E-state index in [1.165, 1.54) is 0 Å². The van der Waals surface area contributed by atoms with E-state index in [2.05, 4.69) is 43.0 Å². The molecule has 0 saturated carbocycles. The lowest BCUT2D eigenvalue weighted by Crippen LogP contribution is -2.17. The van der Waals surface area contributed by atoms with E-state index in [1.54, 1.807) is 11.8 Å². The van der Waals surface area contributed by atoms with Crippen molar-refractivity contribution < 1.29 is 0 Å². The molecule has 3 heteroatoms. The molecule has 1 unspecified atom stereocenters. The van der Waals surface area contributed by atoms with E-state index in [0.29, 0.717) is 5.25 Å². The Morgan fingerprint density at radius 3 is 2.60 bits per heavy atom. The Morgan fingerprint density at radius 1 is 1.33 bits per heavy atom. The van der Waals surface area contributed by atoms with E-state index in [9.17, 15) is 0 Å².